The van der Waals surface area contributed by atoms with Crippen LogP contribution < -0.4 is 0 Å². The van der Waals surface area contributed by atoms with Crippen molar-refractivity contribution in [3.8, 4) is 0 Å². The van der Waals surface area contributed by atoms with Crippen LogP contribution in [0.2, 0.25) is 0 Å². The summed E-state index contributed by atoms with van der Waals surface area (Å²) in [6, 6.07) is 0. The van der Waals surface area contributed by atoms with Gasteiger partial charge in [0.2, 0.25) is 0 Å². The Morgan fingerprint density at radius 2 is 2.12 bits per heavy atom. The monoisotopic (exact) mass is 214 g/mol. The largest absolute Gasteiger partial charge is 0.469 e. The third-order valence-corrected chi connectivity index (χ3v) is 4.12. The summed E-state index contributed by atoms with van der Waals surface area (Å²) in [6.07, 6.45) is 7.60. The number of aryl methyl sites for hydroxylation is 1. The zero-order chi connectivity index (χ0) is 11.3. The van der Waals surface area contributed by atoms with Crippen molar-refractivity contribution in [2.45, 2.75) is 40.0 Å². The number of allylic oxidation sites excluding steroid dienone is 4. The minimum atomic E-state index is 0.635. The molecule has 1 unspecified atom stereocenters. The first-order valence-corrected chi connectivity index (χ1v) is 6.11. The highest BCUT2D eigenvalue weighted by atomic mass is 16.3. The lowest BCUT2D eigenvalue weighted by Crippen LogP contribution is -2.01. The van der Waals surface area contributed by atoms with E-state index in [2.05, 4.69) is 26.8 Å². The number of furan rings is 1. The molecule has 3 rings (SSSR count). The molecule has 0 radical (unpaired) electrons. The van der Waals surface area contributed by atoms with E-state index >= 15 is 0 Å². The molecular weight excluding hydrogens is 196 g/mol. The molecule has 84 valence electrons. The summed E-state index contributed by atoms with van der Waals surface area (Å²) in [5, 5.41) is 0. The van der Waals surface area contributed by atoms with Gasteiger partial charge in [-0.2, -0.15) is 0 Å². The van der Waals surface area contributed by atoms with Gasteiger partial charge in [0.1, 0.15) is 5.76 Å². The van der Waals surface area contributed by atoms with Gasteiger partial charge in [-0.15, -0.1) is 0 Å². The molecular formula is C15H18O. The van der Waals surface area contributed by atoms with E-state index in [0.29, 0.717) is 5.92 Å². The van der Waals surface area contributed by atoms with E-state index in [9.17, 15) is 0 Å². The van der Waals surface area contributed by atoms with Gasteiger partial charge >= 0.3 is 0 Å². The Balaban J connectivity index is 2.11. The quantitative estimate of drug-likeness (QED) is 0.637. The zero-order valence-electron chi connectivity index (χ0n) is 10.3. The molecule has 1 nitrogen and oxygen atoms in total. The van der Waals surface area contributed by atoms with Crippen LogP contribution in [0.3, 0.4) is 0 Å². The lowest BCUT2D eigenvalue weighted by molar-refractivity contribution is 0.477. The van der Waals surface area contributed by atoms with E-state index < -0.39 is 0 Å². The summed E-state index contributed by atoms with van der Waals surface area (Å²) in [5.41, 5.74) is 7.46. The van der Waals surface area contributed by atoms with Gasteiger partial charge in [-0.05, 0) is 37.3 Å². The topological polar surface area (TPSA) is 13.1 Å². The summed E-state index contributed by atoms with van der Waals surface area (Å²) < 4.78 is 5.69. The fourth-order valence-corrected chi connectivity index (χ4v) is 3.02. The molecule has 1 aromatic heterocycles. The van der Waals surface area contributed by atoms with Gasteiger partial charge < -0.3 is 4.42 Å². The van der Waals surface area contributed by atoms with Crippen molar-refractivity contribution in [3.63, 3.8) is 0 Å². The van der Waals surface area contributed by atoms with Crippen LogP contribution >= 0.6 is 0 Å². The summed E-state index contributed by atoms with van der Waals surface area (Å²) in [7, 11) is 0. The molecule has 0 spiro atoms. The lowest BCUT2D eigenvalue weighted by atomic mass is 9.94. The Hall–Kier alpha value is -1.24. The summed E-state index contributed by atoms with van der Waals surface area (Å²) >= 11 is 0. The number of hydrogen-bond donors (Lipinski definition) is 0. The highest BCUT2D eigenvalue weighted by Gasteiger charge is 2.27. The van der Waals surface area contributed by atoms with E-state index in [-0.39, 0.29) is 0 Å². The Bertz CT molecular complexity index is 500. The molecule has 1 heterocycles. The Labute approximate surface area is 96.8 Å². The molecule has 16 heavy (non-hydrogen) atoms. The summed E-state index contributed by atoms with van der Waals surface area (Å²) in [4.78, 5) is 0. The van der Waals surface area contributed by atoms with Crippen molar-refractivity contribution in [2.24, 2.45) is 5.92 Å². The molecule has 0 fully saturated rings. The smallest absolute Gasteiger partial charge is 0.108 e. The average Bonchev–Trinajstić information content (AvgIpc) is 2.72. The second kappa shape index (κ2) is 3.38. The molecule has 1 atom stereocenters. The first-order chi connectivity index (χ1) is 7.66. The van der Waals surface area contributed by atoms with Crippen molar-refractivity contribution in [3.05, 3.63) is 45.9 Å². The Kier molecular flexibility index (Phi) is 2.10. The van der Waals surface area contributed by atoms with Crippen LogP contribution in [0, 0.1) is 12.8 Å². The minimum Gasteiger partial charge on any atom is -0.469 e. The van der Waals surface area contributed by atoms with Crippen LogP contribution in [0.25, 0.3) is 0 Å². The fraction of sp³-hybridized carbons (Fsp3) is 0.467. The second-order valence-electron chi connectivity index (χ2n) is 5.20. The third-order valence-electron chi connectivity index (χ3n) is 4.12. The fourth-order valence-electron chi connectivity index (χ4n) is 3.02. The van der Waals surface area contributed by atoms with Gasteiger partial charge in [0.15, 0.2) is 0 Å². The molecule has 2 aliphatic carbocycles. The van der Waals surface area contributed by atoms with Gasteiger partial charge in [0.05, 0.1) is 6.26 Å². The van der Waals surface area contributed by atoms with Crippen molar-refractivity contribution in [2.75, 3.05) is 0 Å². The van der Waals surface area contributed by atoms with Crippen molar-refractivity contribution < 1.29 is 4.42 Å². The molecule has 1 aromatic rings. The van der Waals surface area contributed by atoms with Crippen LogP contribution in [-0.4, -0.2) is 0 Å². The molecule has 0 aliphatic heterocycles. The zero-order valence-corrected chi connectivity index (χ0v) is 10.3. The van der Waals surface area contributed by atoms with Gasteiger partial charge in [-0.3, -0.25) is 0 Å². The predicted molar refractivity (Wildman–Crippen MR) is 65.4 cm³/mol. The molecule has 0 bridgehead atoms. The molecule has 1 heteroatoms. The maximum atomic E-state index is 5.69. The van der Waals surface area contributed by atoms with Crippen LogP contribution in [0.4, 0.5) is 0 Å². The number of fused-ring (bicyclic) bond motifs is 1. The Morgan fingerprint density at radius 3 is 2.94 bits per heavy atom. The van der Waals surface area contributed by atoms with Crippen LogP contribution in [-0.2, 0) is 12.8 Å². The standard InChI is InChI=1S/C15H18O/c1-9-4-5-12-10(2)6-15-14(7-13(9)12)11(3)8-16-15/h4,8,10H,5-7H2,1-3H3. The summed E-state index contributed by atoms with van der Waals surface area (Å²) in [5.74, 6) is 1.85. The minimum absolute atomic E-state index is 0.635. The highest BCUT2D eigenvalue weighted by Crippen LogP contribution is 2.39. The third kappa shape index (κ3) is 1.31. The van der Waals surface area contributed by atoms with Crippen LogP contribution in [0.1, 0.15) is 37.2 Å². The van der Waals surface area contributed by atoms with Crippen molar-refractivity contribution in [1.82, 2.24) is 0 Å². The number of rotatable bonds is 0. The van der Waals surface area contributed by atoms with E-state index in [1.165, 1.54) is 22.5 Å². The van der Waals surface area contributed by atoms with Crippen molar-refractivity contribution in [1.29, 1.82) is 0 Å². The number of hydrogen-bond acceptors (Lipinski definition) is 1. The predicted octanol–water partition coefficient (Wildman–Crippen LogP) is 3.97. The molecule has 0 N–H and O–H groups in total. The summed E-state index contributed by atoms with van der Waals surface area (Å²) in [6.45, 7) is 6.73. The SMILES string of the molecule is CC1=CCC2=C1Cc1c(C)coc1CC2C. The van der Waals surface area contributed by atoms with E-state index in [4.69, 9.17) is 4.42 Å². The van der Waals surface area contributed by atoms with Crippen molar-refractivity contribution >= 4 is 0 Å². The molecule has 0 aromatic carbocycles. The van der Waals surface area contributed by atoms with Gasteiger partial charge in [-0.1, -0.05) is 24.1 Å². The van der Waals surface area contributed by atoms with Crippen LogP contribution in [0.15, 0.2) is 33.5 Å². The lowest BCUT2D eigenvalue weighted by Gasteiger charge is -2.11. The first kappa shape index (κ1) is 9.95. The van der Waals surface area contributed by atoms with E-state index in [1.807, 2.05) is 6.26 Å². The van der Waals surface area contributed by atoms with Gasteiger partial charge in [0.25, 0.3) is 0 Å². The second-order valence-corrected chi connectivity index (χ2v) is 5.20. The van der Waals surface area contributed by atoms with Gasteiger partial charge in [-0.25, -0.2) is 0 Å². The normalized spacial score (nSPS) is 23.9. The maximum Gasteiger partial charge on any atom is 0.108 e. The Morgan fingerprint density at radius 1 is 1.31 bits per heavy atom. The highest BCUT2D eigenvalue weighted by molar-refractivity contribution is 5.49. The van der Waals surface area contributed by atoms with E-state index in [1.54, 1.807) is 11.1 Å². The average molecular weight is 214 g/mol. The maximum absolute atomic E-state index is 5.69. The molecule has 0 amide bonds. The molecule has 2 aliphatic rings. The van der Waals surface area contributed by atoms with Crippen LogP contribution in [0.5, 0.6) is 0 Å². The molecule has 0 saturated heterocycles. The van der Waals surface area contributed by atoms with Gasteiger partial charge in [0, 0.05) is 18.4 Å². The first-order valence-electron chi connectivity index (χ1n) is 6.11. The molecule has 0 saturated carbocycles. The van der Waals surface area contributed by atoms with E-state index in [0.717, 1.165) is 19.3 Å².